The van der Waals surface area contributed by atoms with Gasteiger partial charge in [-0.15, -0.1) is 0 Å². The molecule has 7 heteroatoms. The van der Waals surface area contributed by atoms with Crippen LogP contribution in [0.4, 0.5) is 0 Å². The van der Waals surface area contributed by atoms with Crippen LogP contribution in [0.3, 0.4) is 0 Å². The molecule has 0 aromatic heterocycles. The van der Waals surface area contributed by atoms with Crippen LogP contribution in [0.5, 0.6) is 0 Å². The third-order valence-electron chi connectivity index (χ3n) is 2.71. The fraction of sp³-hybridized carbons (Fsp3) is 0.357. The summed E-state index contributed by atoms with van der Waals surface area (Å²) < 4.78 is 4.75. The van der Waals surface area contributed by atoms with Crippen LogP contribution >= 0.6 is 0 Å². The third kappa shape index (κ3) is 5.23. The van der Waals surface area contributed by atoms with Crippen molar-refractivity contribution in [2.75, 3.05) is 13.2 Å². The van der Waals surface area contributed by atoms with Gasteiger partial charge in [-0.25, -0.2) is 0 Å². The van der Waals surface area contributed by atoms with E-state index < -0.39 is 23.8 Å². The van der Waals surface area contributed by atoms with Crippen LogP contribution in [0, 0.1) is 0 Å². The predicted octanol–water partition coefficient (Wildman–Crippen LogP) is -0.171. The molecule has 114 valence electrons. The first-order valence-corrected chi connectivity index (χ1v) is 6.45. The standard InChI is InChI=1S/C14H18N2O5/c1-2-21-12(18)7-11(8-17)16-14(20)10-5-3-9(4-6-10)13(15)19/h3-6,11,17H,2,7-8H2,1H3,(H2,15,19)(H,16,20). The zero-order valence-electron chi connectivity index (χ0n) is 11.7. The summed E-state index contributed by atoms with van der Waals surface area (Å²) in [5, 5.41) is 11.7. The fourth-order valence-electron chi connectivity index (χ4n) is 1.64. The van der Waals surface area contributed by atoms with E-state index in [4.69, 9.17) is 10.5 Å². The molecule has 1 unspecified atom stereocenters. The number of esters is 1. The Morgan fingerprint density at radius 2 is 1.81 bits per heavy atom. The summed E-state index contributed by atoms with van der Waals surface area (Å²) in [7, 11) is 0. The Morgan fingerprint density at radius 3 is 2.29 bits per heavy atom. The highest BCUT2D eigenvalue weighted by atomic mass is 16.5. The zero-order valence-corrected chi connectivity index (χ0v) is 11.7. The highest BCUT2D eigenvalue weighted by Crippen LogP contribution is 2.05. The van der Waals surface area contributed by atoms with Gasteiger partial charge >= 0.3 is 5.97 Å². The van der Waals surface area contributed by atoms with Crippen molar-refractivity contribution in [3.05, 3.63) is 35.4 Å². The summed E-state index contributed by atoms with van der Waals surface area (Å²) in [6, 6.07) is 5.00. The summed E-state index contributed by atoms with van der Waals surface area (Å²) in [5.74, 6) is -1.55. The van der Waals surface area contributed by atoms with Gasteiger partial charge in [0.2, 0.25) is 5.91 Å². The normalized spacial score (nSPS) is 11.5. The number of rotatable bonds is 7. The van der Waals surface area contributed by atoms with Crippen molar-refractivity contribution in [3.8, 4) is 0 Å². The smallest absolute Gasteiger partial charge is 0.307 e. The average molecular weight is 294 g/mol. The molecule has 1 aromatic rings. The number of hydrogen-bond donors (Lipinski definition) is 3. The number of ether oxygens (including phenoxy) is 1. The van der Waals surface area contributed by atoms with E-state index >= 15 is 0 Å². The van der Waals surface area contributed by atoms with Gasteiger partial charge in [0.1, 0.15) is 0 Å². The van der Waals surface area contributed by atoms with E-state index in [1.54, 1.807) is 6.92 Å². The van der Waals surface area contributed by atoms with Crippen LogP contribution in [0.1, 0.15) is 34.1 Å². The van der Waals surface area contributed by atoms with Crippen LogP contribution in [0.2, 0.25) is 0 Å². The van der Waals surface area contributed by atoms with E-state index in [9.17, 15) is 19.5 Å². The lowest BCUT2D eigenvalue weighted by molar-refractivity contribution is -0.143. The first-order valence-electron chi connectivity index (χ1n) is 6.45. The molecule has 0 saturated heterocycles. The van der Waals surface area contributed by atoms with E-state index in [1.165, 1.54) is 24.3 Å². The molecule has 7 nitrogen and oxygen atoms in total. The Kier molecular flexibility index (Phi) is 6.35. The largest absolute Gasteiger partial charge is 0.466 e. The molecule has 0 fully saturated rings. The highest BCUT2D eigenvalue weighted by Gasteiger charge is 2.17. The first kappa shape index (κ1) is 16.6. The molecule has 0 bridgehead atoms. The summed E-state index contributed by atoms with van der Waals surface area (Å²) in [4.78, 5) is 34.2. The molecule has 1 rings (SSSR count). The summed E-state index contributed by atoms with van der Waals surface area (Å²) in [6.07, 6.45) is -0.116. The quantitative estimate of drug-likeness (QED) is 0.603. The third-order valence-corrected chi connectivity index (χ3v) is 2.71. The number of hydrogen-bond acceptors (Lipinski definition) is 5. The topological polar surface area (TPSA) is 119 Å². The number of nitrogens with one attached hydrogen (secondary N) is 1. The lowest BCUT2D eigenvalue weighted by Gasteiger charge is -2.15. The zero-order chi connectivity index (χ0) is 15.8. The maximum absolute atomic E-state index is 11.9. The van der Waals surface area contributed by atoms with E-state index in [0.29, 0.717) is 5.56 Å². The first-order chi connectivity index (χ1) is 9.97. The second-order valence-corrected chi connectivity index (χ2v) is 4.30. The van der Waals surface area contributed by atoms with E-state index in [0.717, 1.165) is 0 Å². The van der Waals surface area contributed by atoms with Crippen molar-refractivity contribution in [2.24, 2.45) is 5.73 Å². The Bertz CT molecular complexity index is 513. The van der Waals surface area contributed by atoms with Crippen molar-refractivity contribution >= 4 is 17.8 Å². The number of amides is 2. The van der Waals surface area contributed by atoms with Gasteiger partial charge in [-0.05, 0) is 31.2 Å². The molecule has 0 aliphatic rings. The Labute approximate surface area is 122 Å². The van der Waals surface area contributed by atoms with Gasteiger partial charge in [-0.2, -0.15) is 0 Å². The summed E-state index contributed by atoms with van der Waals surface area (Å²) >= 11 is 0. The van der Waals surface area contributed by atoms with Crippen LogP contribution in [0.25, 0.3) is 0 Å². The monoisotopic (exact) mass is 294 g/mol. The Morgan fingerprint density at radius 1 is 1.24 bits per heavy atom. The van der Waals surface area contributed by atoms with Crippen LogP contribution in [-0.2, 0) is 9.53 Å². The van der Waals surface area contributed by atoms with Crippen LogP contribution in [0.15, 0.2) is 24.3 Å². The molecule has 0 aliphatic carbocycles. The highest BCUT2D eigenvalue weighted by molar-refractivity contribution is 5.97. The van der Waals surface area contributed by atoms with Crippen molar-refractivity contribution < 1.29 is 24.2 Å². The van der Waals surface area contributed by atoms with E-state index in [2.05, 4.69) is 5.32 Å². The van der Waals surface area contributed by atoms with Gasteiger partial charge in [0, 0.05) is 11.1 Å². The SMILES string of the molecule is CCOC(=O)CC(CO)NC(=O)c1ccc(C(N)=O)cc1. The van der Waals surface area contributed by atoms with Gasteiger partial charge in [-0.1, -0.05) is 0 Å². The lowest BCUT2D eigenvalue weighted by Crippen LogP contribution is -2.39. The molecular weight excluding hydrogens is 276 g/mol. The maximum atomic E-state index is 11.9. The minimum Gasteiger partial charge on any atom is -0.466 e. The van der Waals surface area contributed by atoms with E-state index in [1.807, 2.05) is 0 Å². The molecule has 0 aliphatic heterocycles. The number of carbonyl (C=O) groups excluding carboxylic acids is 3. The van der Waals surface area contributed by atoms with Gasteiger partial charge in [0.15, 0.2) is 0 Å². The minimum atomic E-state index is -0.729. The molecule has 2 amide bonds. The molecular formula is C14H18N2O5. The molecule has 0 radical (unpaired) electrons. The Hall–Kier alpha value is -2.41. The molecule has 0 spiro atoms. The molecule has 4 N–H and O–H groups in total. The molecule has 1 aromatic carbocycles. The van der Waals surface area contributed by atoms with Crippen LogP contribution in [-0.4, -0.2) is 42.1 Å². The molecule has 0 heterocycles. The van der Waals surface area contributed by atoms with Crippen molar-refractivity contribution in [1.29, 1.82) is 0 Å². The maximum Gasteiger partial charge on any atom is 0.307 e. The van der Waals surface area contributed by atoms with Crippen molar-refractivity contribution in [1.82, 2.24) is 5.32 Å². The van der Waals surface area contributed by atoms with Crippen molar-refractivity contribution in [3.63, 3.8) is 0 Å². The molecule has 21 heavy (non-hydrogen) atoms. The van der Waals surface area contributed by atoms with Crippen molar-refractivity contribution in [2.45, 2.75) is 19.4 Å². The van der Waals surface area contributed by atoms with Gasteiger partial charge in [-0.3, -0.25) is 14.4 Å². The minimum absolute atomic E-state index is 0.116. The fourth-order valence-corrected chi connectivity index (χ4v) is 1.64. The van der Waals surface area contributed by atoms with Crippen LogP contribution < -0.4 is 11.1 Å². The number of aliphatic hydroxyl groups is 1. The van der Waals surface area contributed by atoms with E-state index in [-0.39, 0.29) is 25.2 Å². The number of primary amides is 1. The summed E-state index contributed by atoms with van der Waals surface area (Å²) in [6.45, 7) is 1.52. The Balaban J connectivity index is 2.65. The number of benzene rings is 1. The van der Waals surface area contributed by atoms with Gasteiger partial charge < -0.3 is 20.9 Å². The number of carbonyl (C=O) groups is 3. The second kappa shape index (κ2) is 8.01. The summed E-state index contributed by atoms with van der Waals surface area (Å²) in [5.41, 5.74) is 5.68. The predicted molar refractivity (Wildman–Crippen MR) is 74.5 cm³/mol. The van der Waals surface area contributed by atoms with Gasteiger partial charge in [0.25, 0.3) is 5.91 Å². The molecule has 0 saturated carbocycles. The number of nitrogens with two attached hydrogens (primary N) is 1. The van der Waals surface area contributed by atoms with Gasteiger partial charge in [0.05, 0.1) is 25.7 Å². The molecule has 1 atom stereocenters. The average Bonchev–Trinajstić information content (AvgIpc) is 2.46. The number of aliphatic hydroxyl groups excluding tert-OH is 1. The second-order valence-electron chi connectivity index (χ2n) is 4.30. The lowest BCUT2D eigenvalue weighted by atomic mass is 10.1.